The average Bonchev–Trinajstić information content (AvgIpc) is 3.56. The van der Waals surface area contributed by atoms with Crippen LogP contribution in [0.1, 0.15) is 0 Å². The molecule has 8 aromatic rings. The second-order valence-corrected chi connectivity index (χ2v) is 11.3. The smallest absolute Gasteiger partial charge is 0.260 e. The van der Waals surface area contributed by atoms with Crippen LogP contribution >= 0.6 is 0 Å². The number of furan rings is 1. The Morgan fingerprint density at radius 2 is 1.31 bits per heavy atom. The minimum Gasteiger partial charge on any atom is -0.458 e. The molecule has 2 aromatic heterocycles. The zero-order chi connectivity index (χ0) is 27.5. The van der Waals surface area contributed by atoms with Crippen molar-refractivity contribution in [2.75, 3.05) is 0 Å². The van der Waals surface area contributed by atoms with Gasteiger partial charge in [0.05, 0.1) is 5.52 Å². The molecule has 0 atom stereocenters. The molecule has 4 nitrogen and oxygen atoms in total. The molecule has 5 heteroatoms. The lowest BCUT2D eigenvalue weighted by Crippen LogP contribution is -2.57. The molecule has 196 valence electrons. The summed E-state index contributed by atoms with van der Waals surface area (Å²) in [4.78, 5) is 0. The molecule has 2 aliphatic rings. The first-order valence-corrected chi connectivity index (χ1v) is 14.3. The third kappa shape index (κ3) is 2.73. The van der Waals surface area contributed by atoms with Gasteiger partial charge < -0.3 is 18.5 Å². The molecule has 0 bridgehead atoms. The number of nitrogens with zero attached hydrogens (tertiary/aromatic N) is 1. The Labute approximate surface area is 241 Å². The molecule has 4 heterocycles. The summed E-state index contributed by atoms with van der Waals surface area (Å²) in [5.74, 6) is 3.30. The van der Waals surface area contributed by atoms with Gasteiger partial charge in [0.15, 0.2) is 11.3 Å². The standard InChI is InChI=1S/C37H22BNO3/c1-39-29-17-5-2-10-21(29)23-12-8-13-24(34(23)39)25-14-9-16-28-35(25)42-37-33-32(40-31-19-7-4-15-27(31)38(28)33)20-26-22-11-3-6-18-30(22)41-36(26)37/h2-20H,1H3. The van der Waals surface area contributed by atoms with Crippen molar-refractivity contribution in [2.24, 2.45) is 7.05 Å². The molecule has 0 saturated carbocycles. The van der Waals surface area contributed by atoms with E-state index in [2.05, 4.69) is 103 Å². The molecule has 0 fully saturated rings. The lowest BCUT2D eigenvalue weighted by atomic mass is 9.34. The van der Waals surface area contributed by atoms with Gasteiger partial charge in [-0.2, -0.15) is 0 Å². The van der Waals surface area contributed by atoms with Crippen molar-refractivity contribution in [2.45, 2.75) is 0 Å². The second-order valence-electron chi connectivity index (χ2n) is 11.3. The molecule has 0 aliphatic carbocycles. The Morgan fingerprint density at radius 3 is 2.26 bits per heavy atom. The number of ether oxygens (including phenoxy) is 2. The number of benzene rings is 6. The predicted octanol–water partition coefficient (Wildman–Crippen LogP) is 7.63. The molecule has 0 unspecified atom stereocenters. The summed E-state index contributed by atoms with van der Waals surface area (Å²) in [6, 6.07) is 40.3. The van der Waals surface area contributed by atoms with Crippen molar-refractivity contribution in [3.05, 3.63) is 115 Å². The monoisotopic (exact) mass is 539 g/mol. The first-order valence-electron chi connectivity index (χ1n) is 14.3. The Morgan fingerprint density at radius 1 is 0.571 bits per heavy atom. The Hall–Kier alpha value is -5.42. The number of hydrogen-bond donors (Lipinski definition) is 0. The fourth-order valence-electron chi connectivity index (χ4n) is 7.35. The highest BCUT2D eigenvalue weighted by Crippen LogP contribution is 2.46. The van der Waals surface area contributed by atoms with Gasteiger partial charge in [-0.25, -0.2) is 0 Å². The maximum Gasteiger partial charge on any atom is 0.260 e. The molecule has 0 radical (unpaired) electrons. The maximum absolute atomic E-state index is 7.05. The lowest BCUT2D eigenvalue weighted by molar-refractivity contribution is 0.463. The van der Waals surface area contributed by atoms with Gasteiger partial charge in [0.1, 0.15) is 22.8 Å². The topological polar surface area (TPSA) is 36.5 Å². The molecule has 42 heavy (non-hydrogen) atoms. The third-order valence-corrected chi connectivity index (χ3v) is 9.14. The van der Waals surface area contributed by atoms with Gasteiger partial charge >= 0.3 is 0 Å². The highest BCUT2D eigenvalue weighted by molar-refractivity contribution is 6.98. The molecule has 0 N–H and O–H groups in total. The van der Waals surface area contributed by atoms with Crippen LogP contribution in [-0.2, 0) is 7.05 Å². The van der Waals surface area contributed by atoms with Crippen LogP contribution in [0.5, 0.6) is 23.0 Å². The van der Waals surface area contributed by atoms with Crippen molar-refractivity contribution in [3.63, 3.8) is 0 Å². The minimum absolute atomic E-state index is 0.0482. The zero-order valence-electron chi connectivity index (χ0n) is 22.7. The third-order valence-electron chi connectivity index (χ3n) is 9.14. The summed E-state index contributed by atoms with van der Waals surface area (Å²) < 4.78 is 22.4. The van der Waals surface area contributed by atoms with E-state index in [0.29, 0.717) is 0 Å². The Kier molecular flexibility index (Phi) is 4.17. The van der Waals surface area contributed by atoms with Crippen molar-refractivity contribution in [1.29, 1.82) is 0 Å². The van der Waals surface area contributed by atoms with Crippen LogP contribution in [0.3, 0.4) is 0 Å². The number of aryl methyl sites for hydroxylation is 1. The molecule has 0 amide bonds. The van der Waals surface area contributed by atoms with Crippen LogP contribution in [0.2, 0.25) is 0 Å². The van der Waals surface area contributed by atoms with Gasteiger partial charge in [-0.05, 0) is 35.2 Å². The maximum atomic E-state index is 7.05. The van der Waals surface area contributed by atoms with Crippen molar-refractivity contribution < 1.29 is 13.9 Å². The Bertz CT molecular complexity index is 2450. The normalized spacial score (nSPS) is 13.2. The van der Waals surface area contributed by atoms with Gasteiger partial charge in [-0.1, -0.05) is 91.0 Å². The van der Waals surface area contributed by atoms with E-state index in [1.165, 1.54) is 21.8 Å². The van der Waals surface area contributed by atoms with Gasteiger partial charge in [-0.3, -0.25) is 0 Å². The predicted molar refractivity (Wildman–Crippen MR) is 171 cm³/mol. The van der Waals surface area contributed by atoms with Crippen molar-refractivity contribution >= 4 is 66.8 Å². The molecule has 10 rings (SSSR count). The van der Waals surface area contributed by atoms with E-state index in [0.717, 1.165) is 72.5 Å². The summed E-state index contributed by atoms with van der Waals surface area (Å²) in [5, 5.41) is 4.53. The van der Waals surface area contributed by atoms with Crippen LogP contribution in [0, 0.1) is 0 Å². The van der Waals surface area contributed by atoms with Crippen LogP contribution in [0.25, 0.3) is 54.9 Å². The molecule has 2 aliphatic heterocycles. The largest absolute Gasteiger partial charge is 0.458 e. The minimum atomic E-state index is -0.0482. The number of hydrogen-bond acceptors (Lipinski definition) is 3. The lowest BCUT2D eigenvalue weighted by Gasteiger charge is -2.33. The van der Waals surface area contributed by atoms with Crippen LogP contribution in [0.4, 0.5) is 0 Å². The number of fused-ring (bicyclic) bond motifs is 11. The molecule has 0 spiro atoms. The quantitative estimate of drug-likeness (QED) is 0.201. The van der Waals surface area contributed by atoms with E-state index in [1.54, 1.807) is 0 Å². The SMILES string of the molecule is Cn1c2ccccc2c2cccc(-c3cccc4c3Oc3c5c(cc6c3oc3ccccc36)Oc3ccccc3B45)c21. The number of para-hydroxylation sites is 5. The van der Waals surface area contributed by atoms with E-state index in [9.17, 15) is 0 Å². The first kappa shape index (κ1) is 22.3. The summed E-state index contributed by atoms with van der Waals surface area (Å²) in [6.45, 7) is -0.0482. The van der Waals surface area contributed by atoms with Crippen molar-refractivity contribution in [3.8, 4) is 34.1 Å². The molecule has 6 aromatic carbocycles. The van der Waals surface area contributed by atoms with E-state index in [4.69, 9.17) is 13.9 Å². The average molecular weight is 539 g/mol. The van der Waals surface area contributed by atoms with E-state index in [-0.39, 0.29) is 6.71 Å². The van der Waals surface area contributed by atoms with E-state index in [1.807, 2.05) is 24.3 Å². The summed E-state index contributed by atoms with van der Waals surface area (Å²) in [5.41, 5.74) is 9.48. The number of rotatable bonds is 1. The fraction of sp³-hybridized carbons (Fsp3) is 0.0270. The van der Waals surface area contributed by atoms with E-state index >= 15 is 0 Å². The highest BCUT2D eigenvalue weighted by Gasteiger charge is 2.42. The van der Waals surface area contributed by atoms with Gasteiger partial charge in [0.2, 0.25) is 0 Å². The summed E-state index contributed by atoms with van der Waals surface area (Å²) >= 11 is 0. The fourth-order valence-corrected chi connectivity index (χ4v) is 7.35. The zero-order valence-corrected chi connectivity index (χ0v) is 22.7. The second kappa shape index (κ2) is 7.86. The van der Waals surface area contributed by atoms with Crippen LogP contribution in [-0.4, -0.2) is 11.3 Å². The summed E-state index contributed by atoms with van der Waals surface area (Å²) in [7, 11) is 2.15. The first-order chi connectivity index (χ1) is 20.8. The highest BCUT2D eigenvalue weighted by atomic mass is 16.5. The number of aromatic nitrogens is 1. The van der Waals surface area contributed by atoms with Gasteiger partial charge in [0.25, 0.3) is 6.71 Å². The van der Waals surface area contributed by atoms with Gasteiger partial charge in [-0.15, -0.1) is 0 Å². The summed E-state index contributed by atoms with van der Waals surface area (Å²) in [6.07, 6.45) is 0. The van der Waals surface area contributed by atoms with Crippen LogP contribution in [0.15, 0.2) is 120 Å². The van der Waals surface area contributed by atoms with Crippen molar-refractivity contribution in [1.82, 2.24) is 4.57 Å². The molecular formula is C37H22BNO3. The van der Waals surface area contributed by atoms with Crippen LogP contribution < -0.4 is 25.9 Å². The molecule has 0 saturated heterocycles. The van der Waals surface area contributed by atoms with Gasteiger partial charge in [0, 0.05) is 50.7 Å². The molecular weight excluding hydrogens is 517 g/mol. The van der Waals surface area contributed by atoms with E-state index < -0.39 is 0 Å². The Balaban J connectivity index is 1.32.